The molecule has 1 N–H and O–H groups in total. The smallest absolute Gasteiger partial charge is 0.390 e. The summed E-state index contributed by atoms with van der Waals surface area (Å²) < 4.78 is 37.8. The van der Waals surface area contributed by atoms with Crippen molar-refractivity contribution in [3.8, 4) is 0 Å². The molecule has 1 aromatic rings. The first-order valence-corrected chi connectivity index (χ1v) is 6.39. The van der Waals surface area contributed by atoms with Crippen LogP contribution in [0.5, 0.6) is 0 Å². The average Bonchev–Trinajstić information content (AvgIpc) is 2.32. The van der Waals surface area contributed by atoms with E-state index in [9.17, 15) is 22.8 Å². The molecule has 0 fully saturated rings. The van der Waals surface area contributed by atoms with Gasteiger partial charge in [-0.3, -0.25) is 9.36 Å². The lowest BCUT2D eigenvalue weighted by atomic mass is 9.99. The molecule has 1 atom stereocenters. The molecule has 5 nitrogen and oxygen atoms in total. The van der Waals surface area contributed by atoms with Gasteiger partial charge in [-0.2, -0.15) is 18.2 Å². The SMILES string of the molecule is Cc1nc(=O)n(CCC(F)(F)F)c(C)c1CC(C)C(=O)O. The fraction of sp³-hybridized carbons (Fsp3) is 0.615. The third-order valence-electron chi connectivity index (χ3n) is 3.32. The average molecular weight is 306 g/mol. The van der Waals surface area contributed by atoms with E-state index < -0.39 is 36.7 Å². The van der Waals surface area contributed by atoms with Crippen LogP contribution < -0.4 is 5.69 Å². The zero-order chi connectivity index (χ0) is 16.4. The number of hydrogen-bond donors (Lipinski definition) is 1. The number of aryl methyl sites for hydroxylation is 1. The molecular weight excluding hydrogens is 289 g/mol. The predicted molar refractivity (Wildman–Crippen MR) is 69.1 cm³/mol. The maximum Gasteiger partial charge on any atom is 0.390 e. The molecule has 1 unspecified atom stereocenters. The first-order valence-electron chi connectivity index (χ1n) is 6.39. The lowest BCUT2D eigenvalue weighted by Gasteiger charge is -2.17. The summed E-state index contributed by atoms with van der Waals surface area (Å²) in [5.74, 6) is -1.72. The molecule has 0 aliphatic heterocycles. The van der Waals surface area contributed by atoms with Crippen LogP contribution in [0.15, 0.2) is 4.79 Å². The van der Waals surface area contributed by atoms with Crippen molar-refractivity contribution in [3.63, 3.8) is 0 Å². The summed E-state index contributed by atoms with van der Waals surface area (Å²) in [6, 6.07) is 0. The second-order valence-electron chi connectivity index (χ2n) is 5.00. The van der Waals surface area contributed by atoms with Gasteiger partial charge in [0.2, 0.25) is 0 Å². The van der Waals surface area contributed by atoms with Crippen molar-refractivity contribution in [3.05, 3.63) is 27.4 Å². The molecule has 0 bridgehead atoms. The molecule has 21 heavy (non-hydrogen) atoms. The van der Waals surface area contributed by atoms with Gasteiger partial charge in [0, 0.05) is 17.9 Å². The third kappa shape index (κ3) is 4.57. The monoisotopic (exact) mass is 306 g/mol. The molecule has 1 aromatic heterocycles. The highest BCUT2D eigenvalue weighted by Crippen LogP contribution is 2.21. The molecule has 0 radical (unpaired) electrons. The fourth-order valence-electron chi connectivity index (χ4n) is 2.03. The Kier molecular flexibility index (Phi) is 5.14. The largest absolute Gasteiger partial charge is 0.481 e. The number of carboxylic acids is 1. The van der Waals surface area contributed by atoms with E-state index in [0.29, 0.717) is 17.0 Å². The minimum atomic E-state index is -4.37. The minimum Gasteiger partial charge on any atom is -0.481 e. The molecule has 1 heterocycles. The summed E-state index contributed by atoms with van der Waals surface area (Å²) >= 11 is 0. The Balaban J connectivity index is 3.16. The zero-order valence-corrected chi connectivity index (χ0v) is 12.0. The number of aromatic nitrogens is 2. The van der Waals surface area contributed by atoms with E-state index in [4.69, 9.17) is 5.11 Å². The maximum atomic E-state index is 12.3. The first kappa shape index (κ1) is 17.2. The number of carbonyl (C=O) groups is 1. The third-order valence-corrected chi connectivity index (χ3v) is 3.32. The van der Waals surface area contributed by atoms with Crippen molar-refractivity contribution in [2.75, 3.05) is 0 Å². The van der Waals surface area contributed by atoms with Crippen molar-refractivity contribution in [1.82, 2.24) is 9.55 Å². The van der Waals surface area contributed by atoms with Crippen LogP contribution in [0, 0.1) is 19.8 Å². The Hall–Kier alpha value is -1.86. The lowest BCUT2D eigenvalue weighted by Crippen LogP contribution is -2.30. The Bertz CT molecular complexity index is 594. The van der Waals surface area contributed by atoms with Crippen LogP contribution in [0.2, 0.25) is 0 Å². The Morgan fingerprint density at radius 1 is 1.38 bits per heavy atom. The van der Waals surface area contributed by atoms with E-state index in [1.807, 2.05) is 0 Å². The predicted octanol–water partition coefficient (Wildman–Crippen LogP) is 2.08. The number of alkyl halides is 3. The molecule has 0 saturated heterocycles. The molecule has 0 aliphatic carbocycles. The van der Waals surface area contributed by atoms with Crippen molar-refractivity contribution in [2.24, 2.45) is 5.92 Å². The normalized spacial score (nSPS) is 13.2. The highest BCUT2D eigenvalue weighted by Gasteiger charge is 2.27. The van der Waals surface area contributed by atoms with Crippen LogP contribution in [0.25, 0.3) is 0 Å². The summed E-state index contributed by atoms with van der Waals surface area (Å²) in [5, 5.41) is 8.92. The van der Waals surface area contributed by atoms with E-state index in [2.05, 4.69) is 4.98 Å². The van der Waals surface area contributed by atoms with Crippen LogP contribution in [0.4, 0.5) is 13.2 Å². The van der Waals surface area contributed by atoms with Crippen LogP contribution in [-0.2, 0) is 17.8 Å². The zero-order valence-electron chi connectivity index (χ0n) is 12.0. The summed E-state index contributed by atoms with van der Waals surface area (Å²) in [6.45, 7) is 4.03. The second kappa shape index (κ2) is 6.28. The molecule has 0 amide bonds. The Morgan fingerprint density at radius 3 is 2.43 bits per heavy atom. The number of carboxylic acid groups (broad SMARTS) is 1. The van der Waals surface area contributed by atoms with Crippen molar-refractivity contribution >= 4 is 5.97 Å². The van der Waals surface area contributed by atoms with Crippen LogP contribution in [0.1, 0.15) is 30.3 Å². The number of rotatable bonds is 5. The lowest BCUT2D eigenvalue weighted by molar-refractivity contribution is -0.141. The highest BCUT2D eigenvalue weighted by atomic mass is 19.4. The molecule has 0 spiro atoms. The molecule has 8 heteroatoms. The summed E-state index contributed by atoms with van der Waals surface area (Å²) in [7, 11) is 0. The summed E-state index contributed by atoms with van der Waals surface area (Å²) in [6.07, 6.45) is -5.38. The van der Waals surface area contributed by atoms with Gasteiger partial charge in [0.15, 0.2) is 0 Å². The molecule has 0 aromatic carbocycles. The Morgan fingerprint density at radius 2 is 1.95 bits per heavy atom. The van der Waals surface area contributed by atoms with E-state index in [-0.39, 0.29) is 6.42 Å². The minimum absolute atomic E-state index is 0.117. The van der Waals surface area contributed by atoms with Gasteiger partial charge in [-0.25, -0.2) is 4.79 Å². The Labute approximate surface area is 119 Å². The second-order valence-corrected chi connectivity index (χ2v) is 5.00. The maximum absolute atomic E-state index is 12.3. The quantitative estimate of drug-likeness (QED) is 0.904. The molecule has 0 saturated carbocycles. The van der Waals surface area contributed by atoms with Gasteiger partial charge in [-0.05, 0) is 25.8 Å². The standard InChI is InChI=1S/C13H17F3N2O3/c1-7(11(19)20)6-10-8(2)17-12(21)18(9(10)3)5-4-13(14,15)16/h7H,4-6H2,1-3H3,(H,19,20). The van der Waals surface area contributed by atoms with Crippen molar-refractivity contribution < 1.29 is 23.1 Å². The molecule has 0 aliphatic rings. The van der Waals surface area contributed by atoms with Gasteiger partial charge < -0.3 is 5.11 Å². The van der Waals surface area contributed by atoms with E-state index in [0.717, 1.165) is 4.57 Å². The van der Waals surface area contributed by atoms with Crippen molar-refractivity contribution in [2.45, 2.75) is 46.3 Å². The number of hydrogen-bond acceptors (Lipinski definition) is 3. The fourth-order valence-corrected chi connectivity index (χ4v) is 2.03. The molecule has 1 rings (SSSR count). The van der Waals surface area contributed by atoms with E-state index in [1.54, 1.807) is 6.92 Å². The van der Waals surface area contributed by atoms with E-state index >= 15 is 0 Å². The highest BCUT2D eigenvalue weighted by molar-refractivity contribution is 5.70. The summed E-state index contributed by atoms with van der Waals surface area (Å²) in [5.41, 5.74) is 0.450. The van der Waals surface area contributed by atoms with Gasteiger partial charge in [-0.1, -0.05) is 6.92 Å². The number of aliphatic carboxylic acids is 1. The van der Waals surface area contributed by atoms with Gasteiger partial charge in [-0.15, -0.1) is 0 Å². The summed E-state index contributed by atoms with van der Waals surface area (Å²) in [4.78, 5) is 26.3. The van der Waals surface area contributed by atoms with Gasteiger partial charge >= 0.3 is 17.8 Å². The molecular formula is C13H17F3N2O3. The van der Waals surface area contributed by atoms with E-state index in [1.165, 1.54) is 13.8 Å². The molecule has 118 valence electrons. The van der Waals surface area contributed by atoms with Gasteiger partial charge in [0.05, 0.1) is 12.3 Å². The van der Waals surface area contributed by atoms with Crippen LogP contribution in [0.3, 0.4) is 0 Å². The first-order chi connectivity index (χ1) is 9.53. The number of nitrogens with zero attached hydrogens (tertiary/aromatic N) is 2. The van der Waals surface area contributed by atoms with Gasteiger partial charge in [0.25, 0.3) is 0 Å². The van der Waals surface area contributed by atoms with Crippen molar-refractivity contribution in [1.29, 1.82) is 0 Å². The number of halogens is 3. The van der Waals surface area contributed by atoms with Crippen LogP contribution >= 0.6 is 0 Å². The topological polar surface area (TPSA) is 72.2 Å². The van der Waals surface area contributed by atoms with Crippen LogP contribution in [-0.4, -0.2) is 26.8 Å². The van der Waals surface area contributed by atoms with Gasteiger partial charge in [0.1, 0.15) is 0 Å².